The summed E-state index contributed by atoms with van der Waals surface area (Å²) in [5.41, 5.74) is 3.85. The van der Waals surface area contributed by atoms with Crippen LogP contribution < -0.4 is 5.32 Å². The summed E-state index contributed by atoms with van der Waals surface area (Å²) in [6.07, 6.45) is 2.70. The lowest BCUT2D eigenvalue weighted by Gasteiger charge is -2.26. The fourth-order valence-electron chi connectivity index (χ4n) is 3.91. The Morgan fingerprint density at radius 3 is 2.57 bits per heavy atom. The quantitative estimate of drug-likeness (QED) is 0.650. The van der Waals surface area contributed by atoms with Crippen LogP contribution >= 0.6 is 0 Å². The Labute approximate surface area is 177 Å². The van der Waals surface area contributed by atoms with Crippen LogP contribution in [-0.4, -0.2) is 53.2 Å². The molecule has 1 amide bonds. The zero-order valence-electron chi connectivity index (χ0n) is 17.4. The Balaban J connectivity index is 1.56. The summed E-state index contributed by atoms with van der Waals surface area (Å²) in [7, 11) is 0. The van der Waals surface area contributed by atoms with Gasteiger partial charge in [0.25, 0.3) is 5.91 Å². The molecule has 0 unspecified atom stereocenters. The highest BCUT2D eigenvalue weighted by molar-refractivity contribution is 6.05. The van der Waals surface area contributed by atoms with Gasteiger partial charge in [-0.2, -0.15) is 0 Å². The topological polar surface area (TPSA) is 59.4 Å². The van der Waals surface area contributed by atoms with Crippen LogP contribution in [0, 0.1) is 6.92 Å². The van der Waals surface area contributed by atoms with Crippen molar-refractivity contribution >= 4 is 11.7 Å². The van der Waals surface area contributed by atoms with Crippen molar-refractivity contribution in [3.05, 3.63) is 72.1 Å². The van der Waals surface area contributed by atoms with E-state index in [1.54, 1.807) is 12.3 Å². The van der Waals surface area contributed by atoms with Crippen LogP contribution in [0.25, 0.3) is 11.3 Å². The van der Waals surface area contributed by atoms with Crippen molar-refractivity contribution in [2.45, 2.75) is 19.9 Å². The number of nitrogens with one attached hydrogen (secondary N) is 1. The molecule has 1 aliphatic rings. The van der Waals surface area contributed by atoms with E-state index in [0.717, 1.165) is 62.8 Å². The number of hydrogen-bond acceptors (Lipinski definition) is 4. The van der Waals surface area contributed by atoms with E-state index in [9.17, 15) is 4.79 Å². The molecule has 0 atom stereocenters. The molecule has 0 spiro atoms. The second-order valence-electron chi connectivity index (χ2n) is 7.52. The van der Waals surface area contributed by atoms with Crippen LogP contribution in [0.3, 0.4) is 0 Å². The van der Waals surface area contributed by atoms with E-state index in [0.29, 0.717) is 11.4 Å². The third kappa shape index (κ3) is 4.78. The van der Waals surface area contributed by atoms with E-state index in [1.807, 2.05) is 43.3 Å². The highest BCUT2D eigenvalue weighted by atomic mass is 16.5. The van der Waals surface area contributed by atoms with Gasteiger partial charge < -0.3 is 14.6 Å². The summed E-state index contributed by atoms with van der Waals surface area (Å²) in [4.78, 5) is 19.6. The standard InChI is InChI=1S/C24H28N4O2/c1-19-21(24(29)26-23-10-5-6-11-25-23)18-22(20-8-3-2-4-9-20)28(19)13-7-12-27-14-16-30-17-15-27/h2-6,8-11,18H,7,12-17H2,1H3,(H,25,26,29). The molecule has 4 rings (SSSR count). The van der Waals surface area contributed by atoms with Crippen LogP contribution in [0.5, 0.6) is 0 Å². The molecule has 1 aliphatic heterocycles. The molecular weight excluding hydrogens is 376 g/mol. The number of nitrogens with zero attached hydrogens (tertiary/aromatic N) is 3. The Hall–Kier alpha value is -2.96. The van der Waals surface area contributed by atoms with Gasteiger partial charge in [-0.25, -0.2) is 4.98 Å². The number of hydrogen-bond donors (Lipinski definition) is 1. The molecule has 3 heterocycles. The van der Waals surface area contributed by atoms with E-state index in [4.69, 9.17) is 4.74 Å². The van der Waals surface area contributed by atoms with Gasteiger partial charge >= 0.3 is 0 Å². The van der Waals surface area contributed by atoms with E-state index >= 15 is 0 Å². The zero-order valence-corrected chi connectivity index (χ0v) is 17.4. The molecule has 1 fully saturated rings. The van der Waals surface area contributed by atoms with Gasteiger partial charge in [-0.05, 0) is 37.1 Å². The first kappa shape index (κ1) is 20.3. The number of pyridine rings is 1. The van der Waals surface area contributed by atoms with Gasteiger partial charge in [0.2, 0.25) is 0 Å². The largest absolute Gasteiger partial charge is 0.379 e. The van der Waals surface area contributed by atoms with Crippen molar-refractivity contribution < 1.29 is 9.53 Å². The Kier molecular flexibility index (Phi) is 6.57. The van der Waals surface area contributed by atoms with E-state index in [2.05, 4.69) is 31.9 Å². The SMILES string of the molecule is Cc1c(C(=O)Nc2ccccn2)cc(-c2ccccc2)n1CCCN1CCOCC1. The van der Waals surface area contributed by atoms with E-state index < -0.39 is 0 Å². The molecule has 0 radical (unpaired) electrons. The molecule has 2 aromatic heterocycles. The number of carbonyl (C=O) groups excluding carboxylic acids is 1. The number of amides is 1. The summed E-state index contributed by atoms with van der Waals surface area (Å²) >= 11 is 0. The summed E-state index contributed by atoms with van der Waals surface area (Å²) in [6.45, 7) is 7.54. The average Bonchev–Trinajstić information content (AvgIpc) is 3.12. The van der Waals surface area contributed by atoms with Crippen molar-refractivity contribution in [2.24, 2.45) is 0 Å². The first-order valence-electron chi connectivity index (χ1n) is 10.5. The van der Waals surface area contributed by atoms with Crippen LogP contribution in [0.2, 0.25) is 0 Å². The second-order valence-corrected chi connectivity index (χ2v) is 7.52. The fourth-order valence-corrected chi connectivity index (χ4v) is 3.91. The molecule has 6 nitrogen and oxygen atoms in total. The molecular formula is C24H28N4O2. The minimum atomic E-state index is -0.129. The lowest BCUT2D eigenvalue weighted by Crippen LogP contribution is -2.37. The monoisotopic (exact) mass is 404 g/mol. The van der Waals surface area contributed by atoms with Crippen molar-refractivity contribution in [3.8, 4) is 11.3 Å². The van der Waals surface area contributed by atoms with Gasteiger partial charge in [-0.15, -0.1) is 0 Å². The lowest BCUT2D eigenvalue weighted by atomic mass is 10.1. The number of morpholine rings is 1. The first-order chi connectivity index (χ1) is 14.7. The molecule has 156 valence electrons. The van der Waals surface area contributed by atoms with E-state index in [1.165, 1.54) is 0 Å². The second kappa shape index (κ2) is 9.69. The van der Waals surface area contributed by atoms with E-state index in [-0.39, 0.29) is 5.91 Å². The summed E-state index contributed by atoms with van der Waals surface area (Å²) < 4.78 is 7.71. The third-order valence-corrected chi connectivity index (χ3v) is 5.55. The number of anilines is 1. The average molecular weight is 405 g/mol. The van der Waals surface area contributed by atoms with Crippen molar-refractivity contribution in [1.29, 1.82) is 0 Å². The molecule has 30 heavy (non-hydrogen) atoms. The maximum atomic E-state index is 13.0. The third-order valence-electron chi connectivity index (χ3n) is 5.55. The van der Waals surface area contributed by atoms with Crippen molar-refractivity contribution in [1.82, 2.24) is 14.5 Å². The highest BCUT2D eigenvalue weighted by Gasteiger charge is 2.19. The van der Waals surface area contributed by atoms with Crippen LogP contribution in [0.15, 0.2) is 60.8 Å². The zero-order chi connectivity index (χ0) is 20.8. The van der Waals surface area contributed by atoms with Gasteiger partial charge in [0.1, 0.15) is 5.82 Å². The van der Waals surface area contributed by atoms with Crippen LogP contribution in [-0.2, 0) is 11.3 Å². The number of ether oxygens (including phenoxy) is 1. The lowest BCUT2D eigenvalue weighted by molar-refractivity contribution is 0.0369. The van der Waals surface area contributed by atoms with Gasteiger partial charge in [0.05, 0.1) is 18.8 Å². The maximum absolute atomic E-state index is 13.0. The number of carbonyl (C=O) groups is 1. The Bertz CT molecular complexity index is 964. The number of benzene rings is 1. The maximum Gasteiger partial charge on any atom is 0.258 e. The number of rotatable bonds is 7. The van der Waals surface area contributed by atoms with Gasteiger partial charge in [0, 0.05) is 43.8 Å². The van der Waals surface area contributed by atoms with Crippen LogP contribution in [0.4, 0.5) is 5.82 Å². The molecule has 1 N–H and O–H groups in total. The number of aromatic nitrogens is 2. The molecule has 1 aromatic carbocycles. The normalized spacial score (nSPS) is 14.6. The first-order valence-corrected chi connectivity index (χ1v) is 10.5. The molecule has 6 heteroatoms. The van der Waals surface area contributed by atoms with Gasteiger partial charge in [-0.3, -0.25) is 9.69 Å². The minimum Gasteiger partial charge on any atom is -0.379 e. The molecule has 0 aliphatic carbocycles. The summed E-state index contributed by atoms with van der Waals surface area (Å²) in [6, 6.07) is 17.7. The van der Waals surface area contributed by atoms with Gasteiger partial charge in [-0.1, -0.05) is 36.4 Å². The van der Waals surface area contributed by atoms with Crippen LogP contribution in [0.1, 0.15) is 22.5 Å². The summed E-state index contributed by atoms with van der Waals surface area (Å²) in [5.74, 6) is 0.429. The smallest absolute Gasteiger partial charge is 0.258 e. The highest BCUT2D eigenvalue weighted by Crippen LogP contribution is 2.27. The predicted octanol–water partition coefficient (Wildman–Crippen LogP) is 3.83. The van der Waals surface area contributed by atoms with Crippen molar-refractivity contribution in [2.75, 3.05) is 38.2 Å². The Morgan fingerprint density at radius 2 is 1.83 bits per heavy atom. The predicted molar refractivity (Wildman–Crippen MR) is 119 cm³/mol. The fraction of sp³-hybridized carbons (Fsp3) is 0.333. The van der Waals surface area contributed by atoms with Gasteiger partial charge in [0.15, 0.2) is 0 Å². The minimum absolute atomic E-state index is 0.129. The molecule has 0 saturated carbocycles. The molecule has 3 aromatic rings. The summed E-state index contributed by atoms with van der Waals surface area (Å²) in [5, 5.41) is 2.91. The van der Waals surface area contributed by atoms with Crippen molar-refractivity contribution in [3.63, 3.8) is 0 Å². The molecule has 0 bridgehead atoms. The molecule has 1 saturated heterocycles. The Morgan fingerprint density at radius 1 is 1.07 bits per heavy atom.